The molecule has 1 saturated heterocycles. The van der Waals surface area contributed by atoms with E-state index in [0.717, 1.165) is 44.3 Å². The van der Waals surface area contributed by atoms with Crippen molar-refractivity contribution in [3.63, 3.8) is 0 Å². The van der Waals surface area contributed by atoms with Crippen LogP contribution in [0.3, 0.4) is 0 Å². The van der Waals surface area contributed by atoms with Gasteiger partial charge in [0.15, 0.2) is 0 Å². The van der Waals surface area contributed by atoms with Crippen LogP contribution in [-0.2, 0) is 9.53 Å². The normalized spacial score (nSPS) is 35.5. The van der Waals surface area contributed by atoms with Gasteiger partial charge in [-0.1, -0.05) is 31.5 Å². The Bertz CT molecular complexity index is 884. The van der Waals surface area contributed by atoms with Gasteiger partial charge in [0.25, 0.3) is 0 Å². The number of nitrogens with zero attached hydrogens (tertiary/aromatic N) is 1. The van der Waals surface area contributed by atoms with Gasteiger partial charge in [-0.05, 0) is 74.8 Å². The van der Waals surface area contributed by atoms with Crippen LogP contribution in [0, 0.1) is 29.6 Å². The van der Waals surface area contributed by atoms with Gasteiger partial charge in [0.2, 0.25) is 5.91 Å². The maximum absolute atomic E-state index is 13.0. The molecular weight excluding hydrogens is 432 g/mol. The summed E-state index contributed by atoms with van der Waals surface area (Å²) in [5.41, 5.74) is 0.823. The van der Waals surface area contributed by atoms with Crippen molar-refractivity contribution in [1.82, 2.24) is 4.90 Å². The Morgan fingerprint density at radius 2 is 1.79 bits per heavy atom. The lowest BCUT2D eigenvalue weighted by Crippen LogP contribution is -2.61. The molecule has 1 heterocycles. The van der Waals surface area contributed by atoms with Crippen LogP contribution in [0.4, 0.5) is 10.5 Å². The van der Waals surface area contributed by atoms with Crippen molar-refractivity contribution in [2.45, 2.75) is 77.9 Å². The summed E-state index contributed by atoms with van der Waals surface area (Å²) >= 11 is 0. The van der Waals surface area contributed by atoms with Crippen LogP contribution in [0.1, 0.15) is 64.4 Å². The van der Waals surface area contributed by atoms with Gasteiger partial charge in [0.05, 0.1) is 12.7 Å². The lowest BCUT2D eigenvalue weighted by molar-refractivity contribution is -0.186. The van der Waals surface area contributed by atoms with Gasteiger partial charge in [-0.2, -0.15) is 0 Å². The highest BCUT2D eigenvalue weighted by molar-refractivity contribution is 5.84. The van der Waals surface area contributed by atoms with E-state index >= 15 is 0 Å². The predicted molar refractivity (Wildman–Crippen MR) is 130 cm³/mol. The van der Waals surface area contributed by atoms with Crippen LogP contribution < -0.4 is 5.32 Å². The third kappa shape index (κ3) is 4.69. The van der Waals surface area contributed by atoms with E-state index in [4.69, 9.17) is 4.74 Å². The van der Waals surface area contributed by atoms with E-state index < -0.39 is 23.7 Å². The highest BCUT2D eigenvalue weighted by atomic mass is 16.6. The van der Waals surface area contributed by atoms with Gasteiger partial charge < -0.3 is 19.8 Å². The maximum atomic E-state index is 13.0. The molecule has 2 amide bonds. The number of nitrogens with one attached hydrogen (secondary N) is 1. The molecule has 1 aliphatic heterocycles. The van der Waals surface area contributed by atoms with Crippen LogP contribution in [-0.4, -0.2) is 59.0 Å². The summed E-state index contributed by atoms with van der Waals surface area (Å²) in [6.45, 7) is 7.65. The van der Waals surface area contributed by atoms with E-state index in [0.29, 0.717) is 24.9 Å². The van der Waals surface area contributed by atoms with Crippen LogP contribution in [0.15, 0.2) is 24.3 Å². The molecule has 1 aromatic carbocycles. The maximum Gasteiger partial charge on any atom is 0.411 e. The molecule has 1 aromatic rings. The summed E-state index contributed by atoms with van der Waals surface area (Å²) in [6.07, 6.45) is 3.61. The average Bonchev–Trinajstić information content (AvgIpc) is 3.35. The Morgan fingerprint density at radius 3 is 2.44 bits per heavy atom. The number of hydrogen-bond donors (Lipinski definition) is 3. The first kappa shape index (κ1) is 25.0. The summed E-state index contributed by atoms with van der Waals surface area (Å²) in [5.74, 6) is 0.00763. The summed E-state index contributed by atoms with van der Waals surface area (Å²) < 4.78 is 5.90. The molecule has 3 aliphatic rings. The van der Waals surface area contributed by atoms with Crippen molar-refractivity contribution in [1.29, 1.82) is 0 Å². The van der Waals surface area contributed by atoms with Crippen LogP contribution in [0.25, 0.3) is 0 Å². The number of benzene rings is 1. The second kappa shape index (κ2) is 9.86. The standard InChI is InChI=1S/C27H40N2O5/c1-18-6-8-19(9-7-18)28-25(33)34-23-12-13-26(2)20(16-24(32)29-14-4-5-15-29)21(31)10-11-22(26)27(23,3)17-30/h6-9,20-23,30-31H,4-5,10-17H2,1-3H3,(H,28,33)/t20-,21-,22-,23-,26+,27+/m1/s1. The number of aryl methyl sites for hydroxylation is 1. The topological polar surface area (TPSA) is 99.1 Å². The number of aliphatic hydroxyl groups is 2. The third-order valence-electron chi connectivity index (χ3n) is 9.08. The minimum absolute atomic E-state index is 0.0377. The summed E-state index contributed by atoms with van der Waals surface area (Å²) in [7, 11) is 0. The molecule has 0 unspecified atom stereocenters. The zero-order valence-electron chi connectivity index (χ0n) is 20.8. The molecule has 2 aliphatic carbocycles. The second-order valence-corrected chi connectivity index (χ2v) is 11.2. The zero-order chi connectivity index (χ0) is 24.5. The fraction of sp³-hybridized carbons (Fsp3) is 0.704. The lowest BCUT2D eigenvalue weighted by Gasteiger charge is -2.60. The highest BCUT2D eigenvalue weighted by Gasteiger charge is 2.60. The number of aliphatic hydroxyl groups excluding tert-OH is 2. The Labute approximate surface area is 202 Å². The second-order valence-electron chi connectivity index (χ2n) is 11.2. The molecule has 7 nitrogen and oxygen atoms in total. The Balaban J connectivity index is 1.49. The molecule has 0 aromatic heterocycles. The van der Waals surface area contributed by atoms with E-state index in [-0.39, 0.29) is 29.8 Å². The predicted octanol–water partition coefficient (Wildman–Crippen LogP) is 4.11. The summed E-state index contributed by atoms with van der Waals surface area (Å²) in [6, 6.07) is 7.53. The minimum atomic E-state index is -0.646. The number of hydrogen-bond acceptors (Lipinski definition) is 5. The zero-order valence-corrected chi connectivity index (χ0v) is 20.8. The van der Waals surface area contributed by atoms with Crippen LogP contribution in [0.5, 0.6) is 0 Å². The molecule has 3 fully saturated rings. The summed E-state index contributed by atoms with van der Waals surface area (Å²) in [4.78, 5) is 27.6. The Hall–Kier alpha value is -2.12. The highest BCUT2D eigenvalue weighted by Crippen LogP contribution is 2.61. The molecule has 3 N–H and O–H groups in total. The number of ether oxygens (including phenoxy) is 1. The van der Waals surface area contributed by atoms with Crippen molar-refractivity contribution >= 4 is 17.7 Å². The average molecular weight is 473 g/mol. The van der Waals surface area contributed by atoms with Crippen molar-refractivity contribution in [3.05, 3.63) is 29.8 Å². The molecule has 34 heavy (non-hydrogen) atoms. The van der Waals surface area contributed by atoms with Crippen LogP contribution in [0.2, 0.25) is 0 Å². The van der Waals surface area contributed by atoms with Gasteiger partial charge in [0, 0.05) is 30.6 Å². The number of anilines is 1. The minimum Gasteiger partial charge on any atom is -0.445 e. The molecule has 0 radical (unpaired) electrons. The third-order valence-corrected chi connectivity index (χ3v) is 9.08. The monoisotopic (exact) mass is 472 g/mol. The Kier molecular flexibility index (Phi) is 7.25. The largest absolute Gasteiger partial charge is 0.445 e. The van der Waals surface area contributed by atoms with Crippen molar-refractivity contribution in [2.75, 3.05) is 25.0 Å². The van der Waals surface area contributed by atoms with E-state index in [1.807, 2.05) is 43.0 Å². The molecule has 7 heteroatoms. The molecule has 188 valence electrons. The van der Waals surface area contributed by atoms with Gasteiger partial charge in [-0.25, -0.2) is 4.79 Å². The number of carbonyl (C=O) groups excluding carboxylic acids is 2. The number of fused-ring (bicyclic) bond motifs is 1. The van der Waals surface area contributed by atoms with Gasteiger partial charge >= 0.3 is 6.09 Å². The molecular formula is C27H40N2O5. The number of carbonyl (C=O) groups is 2. The lowest BCUT2D eigenvalue weighted by atomic mass is 9.46. The fourth-order valence-electron chi connectivity index (χ4n) is 6.98. The van der Waals surface area contributed by atoms with E-state index in [2.05, 4.69) is 12.2 Å². The number of likely N-dealkylation sites (tertiary alicyclic amines) is 1. The number of rotatable bonds is 5. The van der Waals surface area contributed by atoms with Gasteiger partial charge in [0.1, 0.15) is 6.10 Å². The van der Waals surface area contributed by atoms with Crippen molar-refractivity contribution in [2.24, 2.45) is 22.7 Å². The quantitative estimate of drug-likeness (QED) is 0.599. The summed E-state index contributed by atoms with van der Waals surface area (Å²) in [5, 5.41) is 24.3. The molecule has 6 atom stereocenters. The first-order valence-corrected chi connectivity index (χ1v) is 12.8. The first-order valence-electron chi connectivity index (χ1n) is 12.8. The fourth-order valence-corrected chi connectivity index (χ4v) is 6.98. The smallest absolute Gasteiger partial charge is 0.411 e. The molecule has 4 rings (SSSR count). The molecule has 0 bridgehead atoms. The van der Waals surface area contributed by atoms with Crippen LogP contribution >= 0.6 is 0 Å². The SMILES string of the molecule is Cc1ccc(NC(=O)O[C@@H]2CC[C@]3(C)[C@@H](CC[C@@H](O)[C@H]3CC(=O)N3CCCC3)[C@]2(C)CO)cc1. The number of amides is 2. The molecule has 2 saturated carbocycles. The Morgan fingerprint density at radius 1 is 1.12 bits per heavy atom. The van der Waals surface area contributed by atoms with Gasteiger partial charge in [-0.3, -0.25) is 10.1 Å². The van der Waals surface area contributed by atoms with Gasteiger partial charge in [-0.15, -0.1) is 0 Å². The van der Waals surface area contributed by atoms with E-state index in [9.17, 15) is 19.8 Å². The van der Waals surface area contributed by atoms with Crippen molar-refractivity contribution in [3.8, 4) is 0 Å². The first-order chi connectivity index (χ1) is 16.2. The molecule has 0 spiro atoms. The van der Waals surface area contributed by atoms with E-state index in [1.165, 1.54) is 0 Å². The van der Waals surface area contributed by atoms with Crippen molar-refractivity contribution < 1.29 is 24.5 Å². The van der Waals surface area contributed by atoms with E-state index in [1.54, 1.807) is 0 Å².